The van der Waals surface area contributed by atoms with Gasteiger partial charge in [-0.1, -0.05) is 23.8 Å². The van der Waals surface area contributed by atoms with Gasteiger partial charge in [0, 0.05) is 12.1 Å². The number of aryl methyl sites for hydroxylation is 2. The molecule has 0 bridgehead atoms. The number of alkyl carbamates (subject to hydrolysis) is 1. The minimum absolute atomic E-state index is 0.152. The lowest BCUT2D eigenvalue weighted by Crippen LogP contribution is -2.55. The van der Waals surface area contributed by atoms with Crippen molar-refractivity contribution in [3.05, 3.63) is 34.9 Å². The molecule has 34 heavy (non-hydrogen) atoms. The molecule has 0 heterocycles. The van der Waals surface area contributed by atoms with Crippen LogP contribution in [0.1, 0.15) is 77.6 Å². The van der Waals surface area contributed by atoms with Gasteiger partial charge in [-0.05, 0) is 73.4 Å². The molecule has 0 aliphatic rings. The third-order valence-corrected chi connectivity index (χ3v) is 4.80. The van der Waals surface area contributed by atoms with Gasteiger partial charge in [0.2, 0.25) is 17.7 Å². The molecule has 190 valence electrons. The van der Waals surface area contributed by atoms with Gasteiger partial charge < -0.3 is 26.0 Å². The Morgan fingerprint density at radius 1 is 1.06 bits per heavy atom. The van der Waals surface area contributed by atoms with Crippen molar-refractivity contribution in [1.82, 2.24) is 15.5 Å². The van der Waals surface area contributed by atoms with E-state index in [-0.39, 0.29) is 12.5 Å². The number of carbonyl (C=O) groups excluding carboxylic acids is 4. The molecule has 0 radical (unpaired) electrons. The van der Waals surface area contributed by atoms with Crippen molar-refractivity contribution in [2.24, 2.45) is 5.73 Å². The first-order valence-corrected chi connectivity index (χ1v) is 11.4. The Kier molecular flexibility index (Phi) is 9.66. The summed E-state index contributed by atoms with van der Waals surface area (Å²) in [5, 5.41) is 5.40. The van der Waals surface area contributed by atoms with Crippen molar-refractivity contribution in [3.8, 4) is 0 Å². The lowest BCUT2D eigenvalue weighted by Gasteiger charge is -2.35. The fraction of sp³-hybridized carbons (Fsp3) is 0.600. The molecule has 2 unspecified atom stereocenters. The van der Waals surface area contributed by atoms with Crippen LogP contribution in [0.25, 0.3) is 0 Å². The Morgan fingerprint density at radius 3 is 2.09 bits per heavy atom. The monoisotopic (exact) mass is 476 g/mol. The zero-order chi connectivity index (χ0) is 26.4. The molecule has 9 nitrogen and oxygen atoms in total. The number of carbonyl (C=O) groups is 4. The number of nitrogens with one attached hydrogen (secondary N) is 2. The number of ether oxygens (including phenoxy) is 1. The van der Waals surface area contributed by atoms with E-state index in [2.05, 4.69) is 10.6 Å². The van der Waals surface area contributed by atoms with Crippen molar-refractivity contribution in [3.63, 3.8) is 0 Å². The van der Waals surface area contributed by atoms with Crippen molar-refractivity contribution < 1.29 is 23.9 Å². The predicted molar refractivity (Wildman–Crippen MR) is 131 cm³/mol. The zero-order valence-electron chi connectivity index (χ0n) is 21.9. The fourth-order valence-electron chi connectivity index (χ4n) is 3.54. The molecule has 1 aromatic rings. The minimum Gasteiger partial charge on any atom is -0.444 e. The molecule has 0 saturated heterocycles. The molecule has 0 aliphatic carbocycles. The molecule has 4 N–H and O–H groups in total. The topological polar surface area (TPSA) is 131 Å². The van der Waals surface area contributed by atoms with Crippen molar-refractivity contribution in [2.45, 2.75) is 92.0 Å². The maximum Gasteiger partial charge on any atom is 0.408 e. The number of benzene rings is 1. The van der Waals surface area contributed by atoms with Gasteiger partial charge in [-0.25, -0.2) is 4.79 Å². The van der Waals surface area contributed by atoms with E-state index < -0.39 is 47.6 Å². The maximum absolute atomic E-state index is 13.6. The molecule has 4 amide bonds. The quantitative estimate of drug-likeness (QED) is 0.531. The molecule has 0 saturated carbocycles. The first-order valence-electron chi connectivity index (χ1n) is 11.4. The maximum atomic E-state index is 13.6. The summed E-state index contributed by atoms with van der Waals surface area (Å²) in [5.41, 5.74) is 6.53. The Balaban J connectivity index is 3.47. The smallest absolute Gasteiger partial charge is 0.408 e. The molecule has 0 fully saturated rings. The van der Waals surface area contributed by atoms with Gasteiger partial charge in [0.25, 0.3) is 0 Å². The highest BCUT2D eigenvalue weighted by molar-refractivity contribution is 5.94. The summed E-state index contributed by atoms with van der Waals surface area (Å²) < 4.78 is 5.25. The normalized spacial score (nSPS) is 13.4. The van der Waals surface area contributed by atoms with E-state index in [1.165, 1.54) is 4.90 Å². The van der Waals surface area contributed by atoms with E-state index in [0.717, 1.165) is 11.1 Å². The van der Waals surface area contributed by atoms with Gasteiger partial charge in [-0.15, -0.1) is 0 Å². The van der Waals surface area contributed by atoms with Crippen LogP contribution in [0, 0.1) is 13.8 Å². The average Bonchev–Trinajstić information content (AvgIpc) is 2.62. The van der Waals surface area contributed by atoms with E-state index in [4.69, 9.17) is 10.5 Å². The van der Waals surface area contributed by atoms with E-state index in [1.807, 2.05) is 52.8 Å². The molecule has 0 aromatic heterocycles. The summed E-state index contributed by atoms with van der Waals surface area (Å²) in [4.78, 5) is 52.5. The molecule has 9 heteroatoms. The zero-order valence-corrected chi connectivity index (χ0v) is 21.9. The van der Waals surface area contributed by atoms with Gasteiger partial charge >= 0.3 is 6.09 Å². The van der Waals surface area contributed by atoms with Crippen LogP contribution in [0.2, 0.25) is 0 Å². The molecule has 0 spiro atoms. The summed E-state index contributed by atoms with van der Waals surface area (Å²) in [5.74, 6) is -1.75. The first-order chi connectivity index (χ1) is 15.4. The Bertz CT molecular complexity index is 915. The number of nitrogens with two attached hydrogens (primary N) is 1. The van der Waals surface area contributed by atoms with E-state index in [1.54, 1.807) is 27.7 Å². The predicted octanol–water partition coefficient (Wildman–Crippen LogP) is 2.88. The lowest BCUT2D eigenvalue weighted by atomic mass is 9.95. The van der Waals surface area contributed by atoms with Gasteiger partial charge in [-0.2, -0.15) is 0 Å². The van der Waals surface area contributed by atoms with Crippen LogP contribution in [0.3, 0.4) is 0 Å². The Labute approximate surface area is 202 Å². The summed E-state index contributed by atoms with van der Waals surface area (Å²) in [6, 6.07) is 3.36. The Morgan fingerprint density at radius 2 is 1.65 bits per heavy atom. The molecule has 1 aromatic carbocycles. The number of amides is 4. The molecule has 1 rings (SSSR count). The summed E-state index contributed by atoms with van der Waals surface area (Å²) >= 11 is 0. The van der Waals surface area contributed by atoms with E-state index in [0.29, 0.717) is 5.56 Å². The number of hydrogen-bond donors (Lipinski definition) is 3. The second-order valence-electron chi connectivity index (χ2n) is 10.5. The van der Waals surface area contributed by atoms with E-state index >= 15 is 0 Å². The number of likely N-dealkylation sites (N-methyl/N-ethyl adjacent to an activating group) is 1. The standard InChI is InChI=1S/C25H40N4O5/c1-10-29(22(32)18(14-19(26)30)27-23(33)34-25(7,8)9)20(21(31)28-24(4,5)6)17-12-11-15(2)13-16(17)3/h11-13,18,20H,10,14H2,1-9H3,(H2,26,30)(H,27,33)(H,28,31). The van der Waals surface area contributed by atoms with Crippen LogP contribution in [0.4, 0.5) is 4.79 Å². The van der Waals surface area contributed by atoms with Crippen LogP contribution in [-0.4, -0.2) is 52.4 Å². The highest BCUT2D eigenvalue weighted by atomic mass is 16.6. The average molecular weight is 477 g/mol. The number of primary amides is 1. The summed E-state index contributed by atoms with van der Waals surface area (Å²) in [6.07, 6.45) is -1.29. The van der Waals surface area contributed by atoms with Gasteiger partial charge in [0.1, 0.15) is 17.7 Å². The SMILES string of the molecule is CCN(C(=O)C(CC(N)=O)NC(=O)OC(C)(C)C)C(C(=O)NC(C)(C)C)c1ccc(C)cc1C. The number of nitrogens with zero attached hydrogens (tertiary/aromatic N) is 1. The minimum atomic E-state index is -1.29. The molecule has 2 atom stereocenters. The van der Waals surface area contributed by atoms with Crippen LogP contribution in [0.5, 0.6) is 0 Å². The van der Waals surface area contributed by atoms with Crippen LogP contribution >= 0.6 is 0 Å². The van der Waals surface area contributed by atoms with Gasteiger partial charge in [0.15, 0.2) is 0 Å². The van der Waals surface area contributed by atoms with Gasteiger partial charge in [0.05, 0.1) is 6.42 Å². The molecule has 0 aliphatic heterocycles. The number of rotatable bonds is 8. The lowest BCUT2D eigenvalue weighted by molar-refractivity contribution is -0.143. The Hall–Kier alpha value is -3.10. The second-order valence-corrected chi connectivity index (χ2v) is 10.5. The third kappa shape index (κ3) is 9.03. The molecular weight excluding hydrogens is 436 g/mol. The van der Waals surface area contributed by atoms with Crippen molar-refractivity contribution in [1.29, 1.82) is 0 Å². The van der Waals surface area contributed by atoms with Crippen LogP contribution < -0.4 is 16.4 Å². The largest absolute Gasteiger partial charge is 0.444 e. The highest BCUT2D eigenvalue weighted by Crippen LogP contribution is 2.27. The highest BCUT2D eigenvalue weighted by Gasteiger charge is 2.37. The fourth-order valence-corrected chi connectivity index (χ4v) is 3.54. The van der Waals surface area contributed by atoms with Crippen LogP contribution in [-0.2, 0) is 19.1 Å². The third-order valence-electron chi connectivity index (χ3n) is 4.80. The first kappa shape index (κ1) is 28.9. The van der Waals surface area contributed by atoms with Crippen LogP contribution in [0.15, 0.2) is 18.2 Å². The van der Waals surface area contributed by atoms with Crippen molar-refractivity contribution >= 4 is 23.8 Å². The van der Waals surface area contributed by atoms with Crippen molar-refractivity contribution in [2.75, 3.05) is 6.54 Å². The van der Waals surface area contributed by atoms with Gasteiger partial charge in [-0.3, -0.25) is 14.4 Å². The second kappa shape index (κ2) is 11.4. The molecular formula is C25H40N4O5. The summed E-state index contributed by atoms with van der Waals surface area (Å²) in [6.45, 7) is 16.3. The summed E-state index contributed by atoms with van der Waals surface area (Å²) in [7, 11) is 0. The number of hydrogen-bond acceptors (Lipinski definition) is 5. The van der Waals surface area contributed by atoms with E-state index in [9.17, 15) is 19.2 Å².